The van der Waals surface area contributed by atoms with Gasteiger partial charge in [-0.05, 0) is 0 Å². The van der Waals surface area contributed by atoms with Crippen LogP contribution in [0, 0.1) is 0 Å². The predicted octanol–water partition coefficient (Wildman–Crippen LogP) is 0.0679. The summed E-state index contributed by atoms with van der Waals surface area (Å²) in [5.74, 6) is -0.317. The van der Waals surface area contributed by atoms with Crippen LogP contribution in [0.4, 0.5) is 0 Å². The first-order chi connectivity index (χ1) is 7.38. The Hall–Kier alpha value is -1.40. The van der Waals surface area contributed by atoms with Gasteiger partial charge in [0.25, 0.3) is 0 Å². The van der Waals surface area contributed by atoms with E-state index in [1.807, 2.05) is 0 Å². The summed E-state index contributed by atoms with van der Waals surface area (Å²) in [5.41, 5.74) is 10.7. The van der Waals surface area contributed by atoms with Crippen molar-refractivity contribution in [3.63, 3.8) is 0 Å². The normalized spacial score (nSPS) is 13.1. The van der Waals surface area contributed by atoms with E-state index in [2.05, 4.69) is 9.52 Å². The van der Waals surface area contributed by atoms with Crippen molar-refractivity contribution in [1.82, 2.24) is 0 Å². The predicted molar refractivity (Wildman–Crippen MR) is 58.1 cm³/mol. The molecule has 8 heteroatoms. The summed E-state index contributed by atoms with van der Waals surface area (Å²) in [6.07, 6.45) is -1.22. The van der Waals surface area contributed by atoms with E-state index in [9.17, 15) is 4.57 Å². The Bertz CT molecular complexity index is 413. The van der Waals surface area contributed by atoms with Crippen LogP contribution in [0.25, 0.3) is 0 Å². The number of hydrogen-bond acceptors (Lipinski definition) is 3. The van der Waals surface area contributed by atoms with Crippen LogP contribution in [0.2, 0.25) is 0 Å². The average molecular weight is 245 g/mol. The molecule has 7 nitrogen and oxygen atoms in total. The molecule has 0 aliphatic rings. The van der Waals surface area contributed by atoms with Gasteiger partial charge < -0.3 is 21.3 Å². The molecule has 0 amide bonds. The number of phosphoric ester groups is 1. The lowest BCUT2D eigenvalue weighted by atomic mass is 10.2. The highest BCUT2D eigenvalue weighted by atomic mass is 31.2. The molecule has 0 aliphatic heterocycles. The zero-order valence-corrected chi connectivity index (χ0v) is 9.12. The first-order valence-corrected chi connectivity index (χ1v) is 5.79. The first-order valence-electron chi connectivity index (χ1n) is 4.26. The van der Waals surface area contributed by atoms with Gasteiger partial charge in [0.15, 0.2) is 12.2 Å². The minimum atomic E-state index is -4.66. The summed E-state index contributed by atoms with van der Waals surface area (Å²) in [7, 11) is -4.66. The fourth-order valence-corrected chi connectivity index (χ4v) is 1.47. The topological polar surface area (TPSA) is 131 Å². The number of nitrogens with two attached hydrogens (primary N) is 2. The number of nitrogens with zero attached hydrogens (tertiary/aromatic N) is 1. The fraction of sp³-hybridized carbons (Fsp3) is 0.125. The quantitative estimate of drug-likeness (QED) is 0.337. The molecule has 1 aromatic rings. The smallest absolute Gasteiger partial charge is 0.370 e. The monoisotopic (exact) mass is 245 g/mol. The maximum absolute atomic E-state index is 10.7. The Morgan fingerprint density at radius 1 is 1.31 bits per heavy atom. The summed E-state index contributed by atoms with van der Waals surface area (Å²) in [5, 5.41) is 0. The van der Waals surface area contributed by atoms with Crippen LogP contribution in [-0.4, -0.2) is 15.7 Å². The number of rotatable bonds is 4. The van der Waals surface area contributed by atoms with E-state index in [1.54, 1.807) is 30.3 Å². The van der Waals surface area contributed by atoms with Gasteiger partial charge in [-0.3, -0.25) is 4.52 Å². The number of aliphatic imine (C=N–C) groups is 1. The summed E-state index contributed by atoms with van der Waals surface area (Å²) in [4.78, 5) is 21.0. The van der Waals surface area contributed by atoms with Crippen LogP contribution in [-0.2, 0) is 9.09 Å². The Kier molecular flexibility index (Phi) is 4.03. The zero-order valence-electron chi connectivity index (χ0n) is 8.22. The van der Waals surface area contributed by atoms with Gasteiger partial charge in [-0.15, -0.1) is 0 Å². The van der Waals surface area contributed by atoms with Crippen molar-refractivity contribution in [2.45, 2.75) is 6.23 Å². The van der Waals surface area contributed by atoms with Crippen LogP contribution in [0.1, 0.15) is 11.8 Å². The Morgan fingerprint density at radius 3 is 2.31 bits per heavy atom. The fourth-order valence-electron chi connectivity index (χ4n) is 1.04. The lowest BCUT2D eigenvalue weighted by Crippen LogP contribution is -2.24. The van der Waals surface area contributed by atoms with Crippen molar-refractivity contribution in [3.8, 4) is 0 Å². The third-order valence-corrected chi connectivity index (χ3v) is 2.06. The molecule has 1 atom stereocenters. The Morgan fingerprint density at radius 2 is 1.88 bits per heavy atom. The highest BCUT2D eigenvalue weighted by Gasteiger charge is 2.23. The van der Waals surface area contributed by atoms with E-state index >= 15 is 0 Å². The molecule has 0 spiro atoms. The highest BCUT2D eigenvalue weighted by molar-refractivity contribution is 7.46. The van der Waals surface area contributed by atoms with Crippen molar-refractivity contribution in [1.29, 1.82) is 0 Å². The molecule has 0 bridgehead atoms. The van der Waals surface area contributed by atoms with Crippen LogP contribution in [0.3, 0.4) is 0 Å². The number of hydrogen-bond donors (Lipinski definition) is 4. The van der Waals surface area contributed by atoms with E-state index in [-0.39, 0.29) is 5.96 Å². The third kappa shape index (κ3) is 4.41. The van der Waals surface area contributed by atoms with Crippen LogP contribution in [0.5, 0.6) is 0 Å². The molecule has 0 saturated carbocycles. The van der Waals surface area contributed by atoms with E-state index in [0.29, 0.717) is 5.56 Å². The van der Waals surface area contributed by atoms with Gasteiger partial charge in [-0.1, -0.05) is 30.3 Å². The van der Waals surface area contributed by atoms with E-state index in [4.69, 9.17) is 21.3 Å². The van der Waals surface area contributed by atoms with Gasteiger partial charge in [0.2, 0.25) is 0 Å². The highest BCUT2D eigenvalue weighted by Crippen LogP contribution is 2.42. The maximum atomic E-state index is 10.7. The molecule has 0 saturated heterocycles. The summed E-state index contributed by atoms with van der Waals surface area (Å²) in [6.45, 7) is 0. The van der Waals surface area contributed by atoms with Crippen LogP contribution < -0.4 is 11.5 Å². The third-order valence-electron chi connectivity index (χ3n) is 1.59. The molecular weight excluding hydrogens is 233 g/mol. The number of benzene rings is 1. The molecule has 1 aromatic carbocycles. The van der Waals surface area contributed by atoms with Crippen molar-refractivity contribution >= 4 is 13.8 Å². The first kappa shape index (κ1) is 12.7. The standard InChI is InChI=1S/C8H12N3O4P/c9-8(10)11-7(15-16(12,13)14)6-4-2-1-3-5-6/h1-5,7H,(H4,9,10,11)(H2,12,13,14). The summed E-state index contributed by atoms with van der Waals surface area (Å²) >= 11 is 0. The molecule has 0 fully saturated rings. The molecule has 1 rings (SSSR count). The molecule has 0 aliphatic carbocycles. The zero-order chi connectivity index (χ0) is 12.2. The summed E-state index contributed by atoms with van der Waals surface area (Å²) in [6, 6.07) is 8.27. The van der Waals surface area contributed by atoms with E-state index < -0.39 is 14.1 Å². The van der Waals surface area contributed by atoms with Crippen LogP contribution >= 0.6 is 7.82 Å². The largest absolute Gasteiger partial charge is 0.471 e. The molecule has 0 heterocycles. The van der Waals surface area contributed by atoms with Gasteiger partial charge in [-0.25, -0.2) is 9.56 Å². The molecule has 1 unspecified atom stereocenters. The second-order valence-corrected chi connectivity index (χ2v) is 4.10. The second-order valence-electron chi connectivity index (χ2n) is 2.91. The Labute approximate surface area is 92.0 Å². The number of guanidine groups is 1. The van der Waals surface area contributed by atoms with Gasteiger partial charge in [0.1, 0.15) is 0 Å². The van der Waals surface area contributed by atoms with E-state index in [0.717, 1.165) is 0 Å². The molecule has 0 aromatic heterocycles. The maximum Gasteiger partial charge on any atom is 0.471 e. The van der Waals surface area contributed by atoms with E-state index in [1.165, 1.54) is 0 Å². The molecule has 6 N–H and O–H groups in total. The lowest BCUT2D eigenvalue weighted by Gasteiger charge is -2.14. The SMILES string of the molecule is NC(N)=NC(OP(=O)(O)O)c1ccccc1. The average Bonchev–Trinajstić information content (AvgIpc) is 2.15. The van der Waals surface area contributed by atoms with Crippen molar-refractivity contribution in [3.05, 3.63) is 35.9 Å². The number of phosphoric acid groups is 1. The van der Waals surface area contributed by atoms with Gasteiger partial charge in [-0.2, -0.15) is 0 Å². The minimum Gasteiger partial charge on any atom is -0.370 e. The molecule has 88 valence electrons. The molecular formula is C8H12N3O4P. The second kappa shape index (κ2) is 5.09. The minimum absolute atomic E-state index is 0.317. The molecule has 0 radical (unpaired) electrons. The lowest BCUT2D eigenvalue weighted by molar-refractivity contribution is 0.139. The van der Waals surface area contributed by atoms with Crippen molar-refractivity contribution < 1.29 is 18.9 Å². The van der Waals surface area contributed by atoms with Crippen LogP contribution in [0.15, 0.2) is 35.3 Å². The van der Waals surface area contributed by atoms with Gasteiger partial charge in [0.05, 0.1) is 0 Å². The van der Waals surface area contributed by atoms with Gasteiger partial charge >= 0.3 is 7.82 Å². The van der Waals surface area contributed by atoms with Gasteiger partial charge in [0, 0.05) is 5.56 Å². The molecule has 16 heavy (non-hydrogen) atoms. The van der Waals surface area contributed by atoms with Crippen molar-refractivity contribution in [2.24, 2.45) is 16.5 Å². The van der Waals surface area contributed by atoms with Crippen molar-refractivity contribution in [2.75, 3.05) is 0 Å². The Balaban J connectivity index is 2.98. The summed E-state index contributed by atoms with van der Waals surface area (Å²) < 4.78 is 15.2.